The Labute approximate surface area is 146 Å². The lowest BCUT2D eigenvalue weighted by molar-refractivity contribution is 0.495. The van der Waals surface area contributed by atoms with Gasteiger partial charge in [0.1, 0.15) is 22.2 Å². The van der Waals surface area contributed by atoms with Gasteiger partial charge in [0.25, 0.3) is 0 Å². The Morgan fingerprint density at radius 2 is 2.12 bits per heavy atom. The zero-order chi connectivity index (χ0) is 17.1. The van der Waals surface area contributed by atoms with Crippen molar-refractivity contribution in [3.8, 4) is 0 Å². The van der Waals surface area contributed by atoms with Crippen LogP contribution in [0.25, 0.3) is 10.2 Å². The molecular formula is C18H24N4OS. The van der Waals surface area contributed by atoms with Crippen LogP contribution in [-0.2, 0) is 12.8 Å². The summed E-state index contributed by atoms with van der Waals surface area (Å²) in [6.45, 7) is 7.00. The molecule has 0 saturated heterocycles. The van der Waals surface area contributed by atoms with Crippen LogP contribution in [0.15, 0.2) is 22.8 Å². The second-order valence-electron chi connectivity index (χ2n) is 6.15. The average Bonchev–Trinajstić information content (AvgIpc) is 3.15. The predicted octanol–water partition coefficient (Wildman–Crippen LogP) is 3.84. The highest BCUT2D eigenvalue weighted by Gasteiger charge is 2.16. The number of hydrogen-bond acceptors (Lipinski definition) is 6. The van der Waals surface area contributed by atoms with Crippen LogP contribution in [0.5, 0.6) is 0 Å². The molecule has 24 heavy (non-hydrogen) atoms. The SMILES string of the molecule is Cc1sc2nc(CCN)nc(N[C@@H](C)CCc3ccco3)c2c1C. The monoisotopic (exact) mass is 344 g/mol. The molecular weight excluding hydrogens is 320 g/mol. The first-order valence-electron chi connectivity index (χ1n) is 8.34. The molecule has 128 valence electrons. The van der Waals surface area contributed by atoms with Crippen molar-refractivity contribution in [2.45, 2.75) is 46.1 Å². The van der Waals surface area contributed by atoms with Gasteiger partial charge in [-0.05, 0) is 51.4 Å². The second kappa shape index (κ2) is 7.32. The lowest BCUT2D eigenvalue weighted by atomic mass is 10.1. The molecule has 3 aromatic rings. The van der Waals surface area contributed by atoms with E-state index < -0.39 is 0 Å². The number of furan rings is 1. The lowest BCUT2D eigenvalue weighted by Crippen LogP contribution is -2.18. The molecule has 0 aliphatic carbocycles. The van der Waals surface area contributed by atoms with Gasteiger partial charge in [0.2, 0.25) is 0 Å². The maximum absolute atomic E-state index is 5.69. The molecule has 1 atom stereocenters. The number of rotatable bonds is 7. The first-order chi connectivity index (χ1) is 11.6. The van der Waals surface area contributed by atoms with Gasteiger partial charge >= 0.3 is 0 Å². The van der Waals surface area contributed by atoms with E-state index >= 15 is 0 Å². The summed E-state index contributed by atoms with van der Waals surface area (Å²) in [5.74, 6) is 2.76. The molecule has 6 heteroatoms. The van der Waals surface area contributed by atoms with Crippen LogP contribution < -0.4 is 11.1 Å². The molecule has 0 saturated carbocycles. The number of nitrogens with zero attached hydrogens (tertiary/aromatic N) is 2. The summed E-state index contributed by atoms with van der Waals surface area (Å²) in [6, 6.07) is 4.23. The van der Waals surface area contributed by atoms with Crippen molar-refractivity contribution in [1.29, 1.82) is 0 Å². The van der Waals surface area contributed by atoms with E-state index in [9.17, 15) is 0 Å². The first kappa shape index (κ1) is 16.9. The number of hydrogen-bond donors (Lipinski definition) is 2. The molecule has 0 amide bonds. The zero-order valence-corrected chi connectivity index (χ0v) is 15.2. The maximum Gasteiger partial charge on any atom is 0.139 e. The van der Waals surface area contributed by atoms with Gasteiger partial charge in [-0.15, -0.1) is 11.3 Å². The zero-order valence-electron chi connectivity index (χ0n) is 14.4. The number of nitrogens with one attached hydrogen (secondary N) is 1. The fraction of sp³-hybridized carbons (Fsp3) is 0.444. The van der Waals surface area contributed by atoms with E-state index in [1.165, 1.54) is 10.4 Å². The van der Waals surface area contributed by atoms with Crippen molar-refractivity contribution in [1.82, 2.24) is 9.97 Å². The van der Waals surface area contributed by atoms with Crippen LogP contribution in [0.1, 0.15) is 35.4 Å². The molecule has 0 aliphatic rings. The van der Waals surface area contributed by atoms with Gasteiger partial charge in [-0.2, -0.15) is 0 Å². The molecule has 3 rings (SSSR count). The first-order valence-corrected chi connectivity index (χ1v) is 9.15. The lowest BCUT2D eigenvalue weighted by Gasteiger charge is -2.16. The summed E-state index contributed by atoms with van der Waals surface area (Å²) in [6.07, 6.45) is 4.31. The van der Waals surface area contributed by atoms with Crippen molar-refractivity contribution in [3.63, 3.8) is 0 Å². The highest BCUT2D eigenvalue weighted by Crippen LogP contribution is 2.33. The average molecular weight is 344 g/mol. The largest absolute Gasteiger partial charge is 0.469 e. The van der Waals surface area contributed by atoms with Crippen LogP contribution in [0.2, 0.25) is 0 Å². The molecule has 3 N–H and O–H groups in total. The Bertz CT molecular complexity index is 810. The van der Waals surface area contributed by atoms with Crippen molar-refractivity contribution in [2.75, 3.05) is 11.9 Å². The summed E-state index contributed by atoms with van der Waals surface area (Å²) < 4.78 is 5.41. The number of anilines is 1. The van der Waals surface area contributed by atoms with Gasteiger partial charge in [0.05, 0.1) is 11.6 Å². The minimum atomic E-state index is 0.290. The fourth-order valence-electron chi connectivity index (χ4n) is 2.76. The third kappa shape index (κ3) is 3.60. The molecule has 5 nitrogen and oxygen atoms in total. The van der Waals surface area contributed by atoms with Crippen LogP contribution in [0, 0.1) is 13.8 Å². The second-order valence-corrected chi connectivity index (χ2v) is 7.36. The predicted molar refractivity (Wildman–Crippen MR) is 99.8 cm³/mol. The summed E-state index contributed by atoms with van der Waals surface area (Å²) in [5.41, 5.74) is 6.94. The van der Waals surface area contributed by atoms with Crippen molar-refractivity contribution in [3.05, 3.63) is 40.4 Å². The van der Waals surface area contributed by atoms with Crippen LogP contribution in [0.3, 0.4) is 0 Å². The molecule has 3 heterocycles. The molecule has 3 aromatic heterocycles. The van der Waals surface area contributed by atoms with Crippen LogP contribution in [0.4, 0.5) is 5.82 Å². The molecule has 0 aromatic carbocycles. The van der Waals surface area contributed by atoms with E-state index in [-0.39, 0.29) is 0 Å². The Kier molecular flexibility index (Phi) is 5.16. The van der Waals surface area contributed by atoms with Gasteiger partial charge in [-0.3, -0.25) is 0 Å². The van der Waals surface area contributed by atoms with Gasteiger partial charge in [-0.1, -0.05) is 0 Å². The number of aromatic nitrogens is 2. The van der Waals surface area contributed by atoms with Crippen LogP contribution in [-0.4, -0.2) is 22.6 Å². The minimum Gasteiger partial charge on any atom is -0.469 e. The van der Waals surface area contributed by atoms with E-state index in [1.54, 1.807) is 17.6 Å². The van der Waals surface area contributed by atoms with Crippen LogP contribution >= 0.6 is 11.3 Å². The molecule has 0 spiro atoms. The third-order valence-electron chi connectivity index (χ3n) is 4.23. The Balaban J connectivity index is 1.83. The van der Waals surface area contributed by atoms with E-state index in [2.05, 4.69) is 31.1 Å². The molecule has 0 fully saturated rings. The maximum atomic E-state index is 5.69. The van der Waals surface area contributed by atoms with E-state index in [0.29, 0.717) is 19.0 Å². The Hall–Kier alpha value is -1.92. The van der Waals surface area contributed by atoms with Crippen molar-refractivity contribution in [2.24, 2.45) is 5.73 Å². The highest BCUT2D eigenvalue weighted by atomic mass is 32.1. The van der Waals surface area contributed by atoms with E-state index in [4.69, 9.17) is 15.1 Å². The minimum absolute atomic E-state index is 0.290. The van der Waals surface area contributed by atoms with E-state index in [0.717, 1.165) is 40.5 Å². The number of nitrogens with two attached hydrogens (primary N) is 1. The topological polar surface area (TPSA) is 77.0 Å². The summed E-state index contributed by atoms with van der Waals surface area (Å²) >= 11 is 1.72. The molecule has 0 unspecified atom stereocenters. The summed E-state index contributed by atoms with van der Waals surface area (Å²) in [5, 5.41) is 4.72. The smallest absolute Gasteiger partial charge is 0.139 e. The standard InChI is InChI=1S/C18H24N4OS/c1-11(6-7-14-5-4-10-23-14)20-17-16-12(2)13(3)24-18(16)22-15(21-17)8-9-19/h4-5,10-11H,6-9,19H2,1-3H3,(H,20,21,22)/t11-/m0/s1. The third-order valence-corrected chi connectivity index (χ3v) is 5.33. The molecule has 0 radical (unpaired) electrons. The van der Waals surface area contributed by atoms with Gasteiger partial charge in [0.15, 0.2) is 0 Å². The molecule has 0 aliphatic heterocycles. The number of thiophene rings is 1. The normalized spacial score (nSPS) is 12.7. The molecule has 0 bridgehead atoms. The van der Waals surface area contributed by atoms with Gasteiger partial charge in [-0.25, -0.2) is 9.97 Å². The Morgan fingerprint density at radius 1 is 1.29 bits per heavy atom. The number of fused-ring (bicyclic) bond motifs is 1. The summed E-state index contributed by atoms with van der Waals surface area (Å²) in [4.78, 5) is 11.7. The number of aryl methyl sites for hydroxylation is 3. The summed E-state index contributed by atoms with van der Waals surface area (Å²) in [7, 11) is 0. The quantitative estimate of drug-likeness (QED) is 0.681. The fourth-order valence-corrected chi connectivity index (χ4v) is 3.81. The van der Waals surface area contributed by atoms with Crippen molar-refractivity contribution < 1.29 is 4.42 Å². The van der Waals surface area contributed by atoms with Gasteiger partial charge < -0.3 is 15.5 Å². The van der Waals surface area contributed by atoms with E-state index in [1.807, 2.05) is 12.1 Å². The van der Waals surface area contributed by atoms with Gasteiger partial charge in [0, 0.05) is 23.8 Å². The Morgan fingerprint density at radius 3 is 2.83 bits per heavy atom. The van der Waals surface area contributed by atoms with Crippen molar-refractivity contribution >= 4 is 27.4 Å². The highest BCUT2D eigenvalue weighted by molar-refractivity contribution is 7.18.